The van der Waals surface area contributed by atoms with Crippen molar-refractivity contribution in [3.8, 4) is 16.9 Å². The van der Waals surface area contributed by atoms with Crippen LogP contribution in [0.1, 0.15) is 50.9 Å². The summed E-state index contributed by atoms with van der Waals surface area (Å²) >= 11 is 6.33. The summed E-state index contributed by atoms with van der Waals surface area (Å²) in [6, 6.07) is 8.79. The number of hydrogen-bond acceptors (Lipinski definition) is 6. The minimum Gasteiger partial charge on any atom is -0.489 e. The van der Waals surface area contributed by atoms with Gasteiger partial charge in [-0.05, 0) is 64.3 Å². The molecular formula is C24H29ClN2O5. The van der Waals surface area contributed by atoms with E-state index in [9.17, 15) is 9.59 Å². The SMILES string of the molecule is CCOC(=O)c1cccc(-c2cc(OCC3(N(C)C(=O)OC(C)(C)C)CC3)cnc2Cl)c1. The Morgan fingerprint density at radius 3 is 2.56 bits per heavy atom. The highest BCUT2D eigenvalue weighted by Gasteiger charge is 2.50. The fraction of sp³-hybridized carbons (Fsp3) is 0.458. The largest absolute Gasteiger partial charge is 0.489 e. The molecule has 7 nitrogen and oxygen atoms in total. The number of carbonyl (C=O) groups is 2. The number of rotatable bonds is 7. The third-order valence-corrected chi connectivity index (χ3v) is 5.51. The standard InChI is InChI=1S/C24H29ClN2O5/c1-6-30-21(28)17-9-7-8-16(12-17)19-13-18(14-26-20(19)25)31-15-24(10-11-24)27(5)22(29)32-23(2,3)4/h7-9,12-14H,6,10-11,15H2,1-5H3. The number of esters is 1. The molecule has 0 radical (unpaired) electrons. The van der Waals surface area contributed by atoms with Gasteiger partial charge in [0.1, 0.15) is 23.1 Å². The van der Waals surface area contributed by atoms with Crippen molar-refractivity contribution in [3.63, 3.8) is 0 Å². The molecule has 1 heterocycles. The summed E-state index contributed by atoms with van der Waals surface area (Å²) in [6.45, 7) is 7.89. The van der Waals surface area contributed by atoms with Gasteiger partial charge in [0.15, 0.2) is 0 Å². The number of aromatic nitrogens is 1. The number of pyridine rings is 1. The van der Waals surface area contributed by atoms with E-state index in [1.165, 1.54) is 0 Å². The smallest absolute Gasteiger partial charge is 0.410 e. The minimum absolute atomic E-state index is 0.297. The van der Waals surface area contributed by atoms with Crippen LogP contribution in [0.4, 0.5) is 4.79 Å². The maximum Gasteiger partial charge on any atom is 0.410 e. The highest BCUT2D eigenvalue weighted by molar-refractivity contribution is 6.32. The van der Waals surface area contributed by atoms with E-state index in [4.69, 9.17) is 25.8 Å². The summed E-state index contributed by atoms with van der Waals surface area (Å²) in [4.78, 5) is 30.4. The third kappa shape index (κ3) is 5.71. The minimum atomic E-state index is -0.560. The first-order chi connectivity index (χ1) is 15.0. The van der Waals surface area contributed by atoms with Gasteiger partial charge in [-0.3, -0.25) is 0 Å². The lowest BCUT2D eigenvalue weighted by atomic mass is 10.0. The van der Waals surface area contributed by atoms with Crippen LogP contribution in [-0.4, -0.2) is 53.3 Å². The zero-order valence-electron chi connectivity index (χ0n) is 19.1. The van der Waals surface area contributed by atoms with E-state index in [0.29, 0.717) is 35.2 Å². The van der Waals surface area contributed by atoms with Crippen molar-refractivity contribution in [2.75, 3.05) is 20.3 Å². The predicted molar refractivity (Wildman–Crippen MR) is 122 cm³/mol. The Balaban J connectivity index is 1.74. The van der Waals surface area contributed by atoms with Gasteiger partial charge in [0.05, 0.1) is 23.9 Å². The number of ether oxygens (including phenoxy) is 3. The van der Waals surface area contributed by atoms with Crippen LogP contribution in [0.25, 0.3) is 11.1 Å². The first-order valence-corrected chi connectivity index (χ1v) is 11.0. The van der Waals surface area contributed by atoms with E-state index < -0.39 is 17.1 Å². The predicted octanol–water partition coefficient (Wildman–Crippen LogP) is 5.36. The fourth-order valence-electron chi connectivity index (χ4n) is 3.20. The Labute approximate surface area is 193 Å². The normalized spacial score (nSPS) is 14.4. The van der Waals surface area contributed by atoms with E-state index >= 15 is 0 Å². The van der Waals surface area contributed by atoms with Crippen molar-refractivity contribution in [2.24, 2.45) is 0 Å². The van der Waals surface area contributed by atoms with E-state index in [1.54, 1.807) is 49.3 Å². The van der Waals surface area contributed by atoms with Gasteiger partial charge >= 0.3 is 12.1 Å². The number of amides is 1. The summed E-state index contributed by atoms with van der Waals surface area (Å²) in [6.07, 6.45) is 2.84. The molecule has 0 atom stereocenters. The summed E-state index contributed by atoms with van der Waals surface area (Å²) in [5, 5.41) is 0.297. The van der Waals surface area contributed by atoms with Crippen molar-refractivity contribution in [3.05, 3.63) is 47.2 Å². The van der Waals surface area contributed by atoms with Crippen LogP contribution in [0.15, 0.2) is 36.5 Å². The molecule has 0 aliphatic heterocycles. The average molecular weight is 461 g/mol. The van der Waals surface area contributed by atoms with Crippen LogP contribution in [-0.2, 0) is 9.47 Å². The maximum atomic E-state index is 12.5. The summed E-state index contributed by atoms with van der Waals surface area (Å²) in [5.74, 6) is 0.126. The molecule has 0 unspecified atom stereocenters. The molecule has 1 saturated carbocycles. The zero-order valence-corrected chi connectivity index (χ0v) is 19.9. The second-order valence-electron chi connectivity index (χ2n) is 8.86. The Bertz CT molecular complexity index is 998. The summed E-state index contributed by atoms with van der Waals surface area (Å²) in [7, 11) is 1.73. The molecule has 172 valence electrons. The molecule has 8 heteroatoms. The molecule has 32 heavy (non-hydrogen) atoms. The van der Waals surface area contributed by atoms with Crippen LogP contribution in [0.3, 0.4) is 0 Å². The van der Waals surface area contributed by atoms with E-state index in [-0.39, 0.29) is 6.09 Å². The number of benzene rings is 1. The highest BCUT2D eigenvalue weighted by atomic mass is 35.5. The monoisotopic (exact) mass is 460 g/mol. The number of halogens is 1. The molecule has 1 aliphatic rings. The third-order valence-electron chi connectivity index (χ3n) is 5.21. The topological polar surface area (TPSA) is 78.0 Å². The van der Waals surface area contributed by atoms with Gasteiger partial charge in [0, 0.05) is 12.6 Å². The summed E-state index contributed by atoms with van der Waals surface area (Å²) < 4.78 is 16.6. The fourth-order valence-corrected chi connectivity index (χ4v) is 3.41. The van der Waals surface area contributed by atoms with E-state index in [1.807, 2.05) is 26.8 Å². The number of carbonyl (C=O) groups excluding carboxylic acids is 2. The van der Waals surface area contributed by atoms with Crippen molar-refractivity contribution >= 4 is 23.7 Å². The van der Waals surface area contributed by atoms with Crippen molar-refractivity contribution in [2.45, 2.75) is 51.7 Å². The molecule has 3 rings (SSSR count). The molecule has 1 fully saturated rings. The Morgan fingerprint density at radius 1 is 1.22 bits per heavy atom. The molecule has 0 N–H and O–H groups in total. The van der Waals surface area contributed by atoms with E-state index in [0.717, 1.165) is 18.4 Å². The molecular weight excluding hydrogens is 432 g/mol. The lowest BCUT2D eigenvalue weighted by molar-refractivity contribution is 0.0139. The van der Waals surface area contributed by atoms with E-state index in [2.05, 4.69) is 4.98 Å². The van der Waals surface area contributed by atoms with Gasteiger partial charge in [0.25, 0.3) is 0 Å². The van der Waals surface area contributed by atoms with Gasteiger partial charge in [-0.25, -0.2) is 14.6 Å². The molecule has 0 spiro atoms. The molecule has 1 aromatic carbocycles. The summed E-state index contributed by atoms with van der Waals surface area (Å²) in [5.41, 5.74) is 0.843. The molecule has 2 aromatic rings. The second kappa shape index (κ2) is 9.36. The van der Waals surface area contributed by atoms with Crippen LogP contribution in [0.5, 0.6) is 5.75 Å². The van der Waals surface area contributed by atoms with Crippen molar-refractivity contribution < 1.29 is 23.8 Å². The van der Waals surface area contributed by atoms with Crippen LogP contribution >= 0.6 is 11.6 Å². The van der Waals surface area contributed by atoms with Gasteiger partial charge < -0.3 is 19.1 Å². The molecule has 1 aromatic heterocycles. The lowest BCUT2D eigenvalue weighted by Crippen LogP contribution is -2.45. The maximum absolute atomic E-state index is 12.5. The molecule has 1 aliphatic carbocycles. The Kier molecular flexibility index (Phi) is 6.98. The Morgan fingerprint density at radius 2 is 1.94 bits per heavy atom. The molecule has 0 bridgehead atoms. The van der Waals surface area contributed by atoms with Crippen molar-refractivity contribution in [1.29, 1.82) is 0 Å². The first-order valence-electron chi connectivity index (χ1n) is 10.6. The zero-order chi connectivity index (χ0) is 23.5. The Hall–Kier alpha value is -2.80. The highest BCUT2D eigenvalue weighted by Crippen LogP contribution is 2.42. The van der Waals surface area contributed by atoms with Crippen molar-refractivity contribution in [1.82, 2.24) is 9.88 Å². The second-order valence-corrected chi connectivity index (χ2v) is 9.22. The van der Waals surface area contributed by atoms with Gasteiger partial charge in [-0.15, -0.1) is 0 Å². The first kappa shape index (κ1) is 23.9. The van der Waals surface area contributed by atoms with Gasteiger partial charge in [0.2, 0.25) is 0 Å². The number of nitrogens with zero attached hydrogens (tertiary/aromatic N) is 2. The quantitative estimate of drug-likeness (QED) is 0.409. The van der Waals surface area contributed by atoms with Gasteiger partial charge in [-0.1, -0.05) is 23.7 Å². The lowest BCUT2D eigenvalue weighted by Gasteiger charge is -2.30. The van der Waals surface area contributed by atoms with Gasteiger partial charge in [-0.2, -0.15) is 0 Å². The molecule has 0 saturated heterocycles. The molecule has 1 amide bonds. The number of likely N-dealkylation sites (N-methyl/N-ethyl adjacent to an activating group) is 1. The van der Waals surface area contributed by atoms with Crippen LogP contribution < -0.4 is 4.74 Å². The average Bonchev–Trinajstić information content (AvgIpc) is 3.53. The van der Waals surface area contributed by atoms with Crippen LogP contribution in [0, 0.1) is 0 Å². The van der Waals surface area contributed by atoms with Crippen LogP contribution in [0.2, 0.25) is 5.15 Å². The number of hydrogen-bond donors (Lipinski definition) is 0.